The number of amides is 1. The molecule has 2 heterocycles. The summed E-state index contributed by atoms with van der Waals surface area (Å²) in [5, 5.41) is 0. The summed E-state index contributed by atoms with van der Waals surface area (Å²) < 4.78 is 0. The van der Waals surface area contributed by atoms with Gasteiger partial charge >= 0.3 is 0 Å². The van der Waals surface area contributed by atoms with E-state index in [-0.39, 0.29) is 0 Å². The van der Waals surface area contributed by atoms with Crippen LogP contribution in [0.1, 0.15) is 50.1 Å². The second-order valence-corrected chi connectivity index (χ2v) is 5.45. The minimum absolute atomic E-state index is 0.293. The summed E-state index contributed by atoms with van der Waals surface area (Å²) in [6, 6.07) is 4.39. The van der Waals surface area contributed by atoms with Crippen molar-refractivity contribution in [1.82, 2.24) is 9.88 Å². The van der Waals surface area contributed by atoms with Crippen molar-refractivity contribution in [3.63, 3.8) is 0 Å². The smallest absolute Gasteiger partial charge is 0.226 e. The normalized spacial score (nSPS) is 24.7. The highest BCUT2D eigenvalue weighted by Crippen LogP contribution is 2.35. The van der Waals surface area contributed by atoms with Crippen LogP contribution in [-0.4, -0.2) is 22.3 Å². The summed E-state index contributed by atoms with van der Waals surface area (Å²) in [5.41, 5.74) is 1.24. The molecule has 1 amide bonds. The van der Waals surface area contributed by atoms with Gasteiger partial charge in [0.1, 0.15) is 0 Å². The number of nitrogens with zero attached hydrogens (tertiary/aromatic N) is 2. The number of aromatic nitrogens is 1. The van der Waals surface area contributed by atoms with Crippen LogP contribution in [0.25, 0.3) is 0 Å². The maximum atomic E-state index is 12.5. The second kappa shape index (κ2) is 5.09. The highest BCUT2D eigenvalue weighted by Gasteiger charge is 2.34. The van der Waals surface area contributed by atoms with Crippen molar-refractivity contribution in [1.29, 1.82) is 0 Å². The summed E-state index contributed by atoms with van der Waals surface area (Å²) in [4.78, 5) is 18.7. The van der Waals surface area contributed by atoms with Gasteiger partial charge in [-0.05, 0) is 43.4 Å². The first-order valence-corrected chi connectivity index (χ1v) is 7.06. The molecule has 1 atom stereocenters. The van der Waals surface area contributed by atoms with Crippen LogP contribution < -0.4 is 0 Å². The first kappa shape index (κ1) is 11.7. The fourth-order valence-electron chi connectivity index (χ4n) is 3.37. The predicted octanol–water partition coefficient (Wildman–Crippen LogP) is 2.94. The van der Waals surface area contributed by atoms with Gasteiger partial charge in [-0.15, -0.1) is 0 Å². The minimum Gasteiger partial charge on any atom is -0.335 e. The number of rotatable bonds is 2. The molecule has 0 bridgehead atoms. The Morgan fingerprint density at radius 3 is 2.56 bits per heavy atom. The molecule has 3 rings (SSSR count). The molecule has 1 aromatic rings. The molecule has 1 aromatic heterocycles. The summed E-state index contributed by atoms with van der Waals surface area (Å²) in [5.74, 6) is 0.694. The number of carbonyl (C=O) groups is 1. The quantitative estimate of drug-likeness (QED) is 0.801. The van der Waals surface area contributed by atoms with E-state index in [0.717, 1.165) is 32.2 Å². The second-order valence-electron chi connectivity index (χ2n) is 5.45. The zero-order chi connectivity index (χ0) is 12.4. The van der Waals surface area contributed by atoms with Crippen LogP contribution in [0.5, 0.6) is 0 Å². The fraction of sp³-hybridized carbons (Fsp3) is 0.600. The highest BCUT2D eigenvalue weighted by atomic mass is 16.2. The molecule has 0 N–H and O–H groups in total. The lowest BCUT2D eigenvalue weighted by Crippen LogP contribution is -2.34. The van der Waals surface area contributed by atoms with E-state index in [1.165, 1.54) is 18.4 Å². The van der Waals surface area contributed by atoms with Gasteiger partial charge in [-0.3, -0.25) is 9.78 Å². The van der Waals surface area contributed by atoms with Crippen molar-refractivity contribution < 1.29 is 4.79 Å². The molecule has 2 fully saturated rings. The van der Waals surface area contributed by atoms with Crippen LogP contribution in [0.4, 0.5) is 0 Å². The third-order valence-corrected chi connectivity index (χ3v) is 4.33. The van der Waals surface area contributed by atoms with Gasteiger partial charge in [0, 0.05) is 24.9 Å². The summed E-state index contributed by atoms with van der Waals surface area (Å²) in [6.07, 6.45) is 10.5. The number of hydrogen-bond donors (Lipinski definition) is 0. The highest BCUT2D eigenvalue weighted by molar-refractivity contribution is 5.79. The van der Waals surface area contributed by atoms with Crippen LogP contribution >= 0.6 is 0 Å². The lowest BCUT2D eigenvalue weighted by Gasteiger charge is -2.27. The average molecular weight is 244 g/mol. The molecule has 18 heavy (non-hydrogen) atoms. The molecule has 1 aliphatic heterocycles. The molecule has 3 nitrogen and oxygen atoms in total. The maximum absolute atomic E-state index is 12.5. The molecule has 1 saturated heterocycles. The van der Waals surface area contributed by atoms with E-state index in [1.54, 1.807) is 0 Å². The molecule has 0 unspecified atom stereocenters. The number of pyridine rings is 1. The average Bonchev–Trinajstić information content (AvgIpc) is 3.10. The molecule has 96 valence electrons. The first-order chi connectivity index (χ1) is 8.86. The van der Waals surface area contributed by atoms with E-state index in [4.69, 9.17) is 0 Å². The van der Waals surface area contributed by atoms with Gasteiger partial charge < -0.3 is 4.90 Å². The minimum atomic E-state index is 0.293. The largest absolute Gasteiger partial charge is 0.335 e. The van der Waals surface area contributed by atoms with Gasteiger partial charge in [-0.2, -0.15) is 0 Å². The van der Waals surface area contributed by atoms with Gasteiger partial charge in [0.2, 0.25) is 5.91 Å². The van der Waals surface area contributed by atoms with Crippen molar-refractivity contribution >= 4 is 5.91 Å². The zero-order valence-corrected chi connectivity index (χ0v) is 10.7. The van der Waals surface area contributed by atoms with Crippen molar-refractivity contribution in [3.8, 4) is 0 Å². The Labute approximate surface area is 108 Å². The Kier molecular flexibility index (Phi) is 3.31. The molecule has 0 radical (unpaired) electrons. The van der Waals surface area contributed by atoms with Gasteiger partial charge in [-0.25, -0.2) is 0 Å². The molecular formula is C15H20N2O. The van der Waals surface area contributed by atoms with Gasteiger partial charge in [0.05, 0.1) is 6.04 Å². The van der Waals surface area contributed by atoms with Gasteiger partial charge in [0.15, 0.2) is 0 Å². The van der Waals surface area contributed by atoms with E-state index < -0.39 is 0 Å². The molecule has 0 spiro atoms. The first-order valence-electron chi connectivity index (χ1n) is 7.06. The van der Waals surface area contributed by atoms with Crippen LogP contribution in [0.3, 0.4) is 0 Å². The van der Waals surface area contributed by atoms with Crippen LogP contribution in [0, 0.1) is 5.92 Å². The van der Waals surface area contributed by atoms with E-state index in [1.807, 2.05) is 24.5 Å². The lowest BCUT2D eigenvalue weighted by molar-refractivity contribution is -0.136. The van der Waals surface area contributed by atoms with E-state index in [2.05, 4.69) is 9.88 Å². The van der Waals surface area contributed by atoms with Crippen LogP contribution in [0.2, 0.25) is 0 Å². The lowest BCUT2D eigenvalue weighted by atomic mass is 10.0. The third kappa shape index (κ3) is 2.14. The molecule has 0 aromatic carbocycles. The van der Waals surface area contributed by atoms with Crippen molar-refractivity contribution in [2.75, 3.05) is 6.54 Å². The zero-order valence-electron chi connectivity index (χ0n) is 10.7. The Bertz CT molecular complexity index is 412. The Morgan fingerprint density at radius 2 is 1.83 bits per heavy atom. The predicted molar refractivity (Wildman–Crippen MR) is 69.9 cm³/mol. The summed E-state index contributed by atoms with van der Waals surface area (Å²) in [7, 11) is 0. The monoisotopic (exact) mass is 244 g/mol. The molecule has 1 aliphatic carbocycles. The topological polar surface area (TPSA) is 33.2 Å². The van der Waals surface area contributed by atoms with Crippen LogP contribution in [-0.2, 0) is 4.79 Å². The molecule has 1 saturated carbocycles. The Balaban J connectivity index is 1.77. The Morgan fingerprint density at radius 1 is 1.11 bits per heavy atom. The van der Waals surface area contributed by atoms with E-state index in [0.29, 0.717) is 17.9 Å². The summed E-state index contributed by atoms with van der Waals surface area (Å²) in [6.45, 7) is 0.933. The summed E-state index contributed by atoms with van der Waals surface area (Å²) >= 11 is 0. The standard InChI is InChI=1S/C15H20N2O/c18-15(13-4-1-2-5-13)17-11-3-6-14(17)12-7-9-16-10-8-12/h7-10,13-14H,1-6,11H2/t14-/m0/s1. The van der Waals surface area contributed by atoms with Gasteiger partial charge in [0.25, 0.3) is 0 Å². The third-order valence-electron chi connectivity index (χ3n) is 4.33. The van der Waals surface area contributed by atoms with Crippen molar-refractivity contribution in [2.24, 2.45) is 5.92 Å². The van der Waals surface area contributed by atoms with Crippen LogP contribution in [0.15, 0.2) is 24.5 Å². The van der Waals surface area contributed by atoms with E-state index in [9.17, 15) is 4.79 Å². The molecule has 3 heteroatoms. The molecular weight excluding hydrogens is 224 g/mol. The SMILES string of the molecule is O=C(C1CCCC1)N1CCC[C@H]1c1ccncc1. The number of likely N-dealkylation sites (tertiary alicyclic amines) is 1. The number of hydrogen-bond acceptors (Lipinski definition) is 2. The maximum Gasteiger partial charge on any atom is 0.226 e. The van der Waals surface area contributed by atoms with Crippen molar-refractivity contribution in [2.45, 2.75) is 44.6 Å². The Hall–Kier alpha value is -1.38. The van der Waals surface area contributed by atoms with E-state index >= 15 is 0 Å². The van der Waals surface area contributed by atoms with Crippen molar-refractivity contribution in [3.05, 3.63) is 30.1 Å². The fourth-order valence-corrected chi connectivity index (χ4v) is 3.37. The number of carbonyl (C=O) groups excluding carboxylic acids is 1. The molecule has 2 aliphatic rings. The van der Waals surface area contributed by atoms with Gasteiger partial charge in [-0.1, -0.05) is 12.8 Å².